The summed E-state index contributed by atoms with van der Waals surface area (Å²) in [5.41, 5.74) is 7.55. The number of fused-ring (bicyclic) bond motifs is 1. The highest BCUT2D eigenvalue weighted by atomic mass is 16.1. The molecule has 112 valence electrons. The monoisotopic (exact) mass is 284 g/mol. The van der Waals surface area contributed by atoms with Crippen molar-refractivity contribution < 1.29 is 4.79 Å². The van der Waals surface area contributed by atoms with E-state index in [0.717, 1.165) is 29.4 Å². The van der Waals surface area contributed by atoms with E-state index in [4.69, 9.17) is 5.73 Å². The quantitative estimate of drug-likeness (QED) is 0.846. The van der Waals surface area contributed by atoms with Crippen molar-refractivity contribution in [2.24, 2.45) is 11.1 Å². The van der Waals surface area contributed by atoms with E-state index in [1.54, 1.807) is 0 Å². The Morgan fingerprint density at radius 2 is 1.90 bits per heavy atom. The second kappa shape index (κ2) is 6.81. The highest BCUT2D eigenvalue weighted by Gasteiger charge is 2.18. The summed E-state index contributed by atoms with van der Waals surface area (Å²) in [6.45, 7) is 5.01. The molecule has 2 rings (SSSR count). The van der Waals surface area contributed by atoms with E-state index in [-0.39, 0.29) is 11.2 Å². The van der Waals surface area contributed by atoms with Gasteiger partial charge in [-0.1, -0.05) is 38.1 Å². The maximum absolute atomic E-state index is 12.1. The zero-order valence-corrected chi connectivity index (χ0v) is 12.9. The molecule has 0 aliphatic carbocycles. The number of rotatable bonds is 7. The van der Waals surface area contributed by atoms with E-state index in [0.29, 0.717) is 19.4 Å². The van der Waals surface area contributed by atoms with E-state index >= 15 is 0 Å². The molecule has 1 heterocycles. The molecule has 0 saturated heterocycles. The third kappa shape index (κ3) is 4.64. The Morgan fingerprint density at radius 1 is 1.14 bits per heavy atom. The average molecular weight is 284 g/mol. The molecule has 0 spiro atoms. The molecule has 1 aromatic carbocycles. The number of hydrogen-bond acceptors (Lipinski definition) is 3. The third-order valence-corrected chi connectivity index (χ3v) is 3.94. The molecule has 0 atom stereocenters. The van der Waals surface area contributed by atoms with Gasteiger partial charge in [0, 0.05) is 23.9 Å². The minimum Gasteiger partial charge on any atom is -0.330 e. The number of benzene rings is 1. The van der Waals surface area contributed by atoms with Crippen molar-refractivity contribution in [1.29, 1.82) is 0 Å². The fourth-order valence-corrected chi connectivity index (χ4v) is 2.49. The molecular weight excluding hydrogens is 260 g/mol. The van der Waals surface area contributed by atoms with E-state index in [9.17, 15) is 4.79 Å². The van der Waals surface area contributed by atoms with Gasteiger partial charge in [-0.2, -0.15) is 0 Å². The topological polar surface area (TPSA) is 56.0 Å². The number of carbonyl (C=O) groups is 1. The Balaban J connectivity index is 1.95. The van der Waals surface area contributed by atoms with Crippen molar-refractivity contribution in [3.8, 4) is 0 Å². The van der Waals surface area contributed by atoms with E-state index < -0.39 is 0 Å². The molecule has 0 bridgehead atoms. The lowest BCUT2D eigenvalue weighted by molar-refractivity contribution is -0.119. The molecule has 0 fully saturated rings. The Morgan fingerprint density at radius 3 is 2.67 bits per heavy atom. The lowest BCUT2D eigenvalue weighted by atomic mass is 9.83. The van der Waals surface area contributed by atoms with Gasteiger partial charge in [-0.3, -0.25) is 9.78 Å². The van der Waals surface area contributed by atoms with Crippen LogP contribution in [0.4, 0.5) is 0 Å². The molecule has 0 aliphatic heterocycles. The van der Waals surface area contributed by atoms with Crippen molar-refractivity contribution >= 4 is 16.7 Å². The van der Waals surface area contributed by atoms with Crippen molar-refractivity contribution in [3.63, 3.8) is 0 Å². The van der Waals surface area contributed by atoms with Gasteiger partial charge in [-0.05, 0) is 36.9 Å². The Hall–Kier alpha value is -1.74. The van der Waals surface area contributed by atoms with Crippen LogP contribution in [0.5, 0.6) is 0 Å². The summed E-state index contributed by atoms with van der Waals surface area (Å²) >= 11 is 0. The second-order valence-electron chi connectivity index (χ2n) is 6.41. The number of carbonyl (C=O) groups excluding carboxylic acids is 1. The number of pyridine rings is 1. The smallest absolute Gasteiger partial charge is 0.138 e. The standard InChI is InChI=1S/C18H24N2O/c1-18(2,11-12-19)10-9-16(21)13-15-8-7-14-5-3-4-6-17(14)20-15/h3-8H,9-13,19H2,1-2H3. The molecule has 0 radical (unpaired) electrons. The predicted molar refractivity (Wildman–Crippen MR) is 87.1 cm³/mol. The summed E-state index contributed by atoms with van der Waals surface area (Å²) in [6, 6.07) is 12.0. The molecule has 0 unspecified atom stereocenters. The van der Waals surface area contributed by atoms with Crippen LogP contribution < -0.4 is 5.73 Å². The van der Waals surface area contributed by atoms with Crippen LogP contribution >= 0.6 is 0 Å². The molecule has 21 heavy (non-hydrogen) atoms. The molecule has 0 amide bonds. The van der Waals surface area contributed by atoms with Crippen LogP contribution in [-0.2, 0) is 11.2 Å². The first-order valence-corrected chi connectivity index (χ1v) is 7.57. The number of ketones is 1. The fraction of sp³-hybridized carbons (Fsp3) is 0.444. The minimum atomic E-state index is 0.140. The molecule has 2 aromatic rings. The van der Waals surface area contributed by atoms with Gasteiger partial charge in [-0.25, -0.2) is 0 Å². The van der Waals surface area contributed by atoms with Crippen molar-refractivity contribution in [2.75, 3.05) is 6.54 Å². The summed E-state index contributed by atoms with van der Waals surface area (Å²) in [5, 5.41) is 1.11. The van der Waals surface area contributed by atoms with Crippen LogP contribution in [0.3, 0.4) is 0 Å². The highest BCUT2D eigenvalue weighted by Crippen LogP contribution is 2.26. The zero-order chi connectivity index (χ0) is 15.3. The largest absolute Gasteiger partial charge is 0.330 e. The number of aromatic nitrogens is 1. The Bertz CT molecular complexity index is 619. The minimum absolute atomic E-state index is 0.140. The van der Waals surface area contributed by atoms with Crippen LogP contribution in [-0.4, -0.2) is 17.3 Å². The number of nitrogens with two attached hydrogens (primary N) is 1. The van der Waals surface area contributed by atoms with Gasteiger partial charge in [0.15, 0.2) is 0 Å². The maximum atomic E-state index is 12.1. The number of para-hydroxylation sites is 1. The lowest BCUT2D eigenvalue weighted by Gasteiger charge is -2.23. The first-order valence-electron chi connectivity index (χ1n) is 7.57. The first kappa shape index (κ1) is 15.6. The van der Waals surface area contributed by atoms with E-state index in [1.807, 2.05) is 36.4 Å². The predicted octanol–water partition coefficient (Wildman–Crippen LogP) is 3.50. The van der Waals surface area contributed by atoms with Gasteiger partial charge in [0.05, 0.1) is 5.52 Å². The molecule has 0 saturated carbocycles. The van der Waals surface area contributed by atoms with Gasteiger partial charge >= 0.3 is 0 Å². The zero-order valence-electron chi connectivity index (χ0n) is 12.9. The number of hydrogen-bond donors (Lipinski definition) is 1. The molecular formula is C18H24N2O. The van der Waals surface area contributed by atoms with Gasteiger partial charge < -0.3 is 5.73 Å². The summed E-state index contributed by atoms with van der Waals surface area (Å²) in [7, 11) is 0. The van der Waals surface area contributed by atoms with Crippen LogP contribution in [0.1, 0.15) is 38.8 Å². The van der Waals surface area contributed by atoms with E-state index in [2.05, 4.69) is 18.8 Å². The van der Waals surface area contributed by atoms with Crippen molar-refractivity contribution in [1.82, 2.24) is 4.98 Å². The third-order valence-electron chi connectivity index (χ3n) is 3.94. The summed E-state index contributed by atoms with van der Waals surface area (Å²) in [4.78, 5) is 16.7. The van der Waals surface area contributed by atoms with Gasteiger partial charge in [0.1, 0.15) is 5.78 Å². The Labute approximate surface area is 126 Å². The first-order chi connectivity index (χ1) is 10.00. The van der Waals surface area contributed by atoms with Gasteiger partial charge in [0.25, 0.3) is 0 Å². The van der Waals surface area contributed by atoms with Crippen LogP contribution in [0.15, 0.2) is 36.4 Å². The molecule has 0 aliphatic rings. The number of Topliss-reactive ketones (excluding diaryl/α,β-unsaturated/α-hetero) is 1. The fourth-order valence-electron chi connectivity index (χ4n) is 2.49. The Kier molecular flexibility index (Phi) is 5.07. The van der Waals surface area contributed by atoms with Crippen molar-refractivity contribution in [3.05, 3.63) is 42.1 Å². The lowest BCUT2D eigenvalue weighted by Crippen LogP contribution is -2.19. The molecule has 3 heteroatoms. The van der Waals surface area contributed by atoms with Crippen molar-refractivity contribution in [2.45, 2.75) is 39.5 Å². The normalized spacial score (nSPS) is 11.8. The summed E-state index contributed by atoms with van der Waals surface area (Å²) in [6.07, 6.45) is 2.86. The second-order valence-corrected chi connectivity index (χ2v) is 6.41. The average Bonchev–Trinajstić information content (AvgIpc) is 2.45. The van der Waals surface area contributed by atoms with Gasteiger partial charge in [-0.15, -0.1) is 0 Å². The van der Waals surface area contributed by atoms with Crippen LogP contribution in [0.25, 0.3) is 10.9 Å². The molecule has 3 nitrogen and oxygen atoms in total. The number of nitrogens with zero attached hydrogens (tertiary/aromatic N) is 1. The van der Waals surface area contributed by atoms with Gasteiger partial charge in [0.2, 0.25) is 0 Å². The van der Waals surface area contributed by atoms with Crippen LogP contribution in [0, 0.1) is 5.41 Å². The highest BCUT2D eigenvalue weighted by molar-refractivity contribution is 5.82. The SMILES string of the molecule is CC(C)(CCN)CCC(=O)Cc1ccc2ccccc2n1. The van der Waals surface area contributed by atoms with Crippen LogP contribution in [0.2, 0.25) is 0 Å². The molecule has 2 N–H and O–H groups in total. The van der Waals surface area contributed by atoms with E-state index in [1.165, 1.54) is 0 Å². The maximum Gasteiger partial charge on any atom is 0.138 e. The summed E-state index contributed by atoms with van der Waals surface area (Å²) in [5.74, 6) is 0.253. The molecule has 1 aromatic heterocycles. The summed E-state index contributed by atoms with van der Waals surface area (Å²) < 4.78 is 0.